The van der Waals surface area contributed by atoms with Crippen molar-refractivity contribution in [2.75, 3.05) is 0 Å². The van der Waals surface area contributed by atoms with Crippen molar-refractivity contribution in [3.63, 3.8) is 0 Å². The van der Waals surface area contributed by atoms with E-state index in [0.717, 1.165) is 5.56 Å². The van der Waals surface area contributed by atoms with Gasteiger partial charge in [-0.15, -0.1) is 0 Å². The van der Waals surface area contributed by atoms with E-state index >= 15 is 0 Å². The van der Waals surface area contributed by atoms with Crippen LogP contribution in [0.15, 0.2) is 24.3 Å². The topological polar surface area (TPSA) is 55.1 Å². The van der Waals surface area contributed by atoms with Crippen LogP contribution in [0.1, 0.15) is 38.3 Å². The molecule has 4 heteroatoms. The smallest absolute Gasteiger partial charge is 0.220 e. The number of rotatable bonds is 5. The highest BCUT2D eigenvalue weighted by Crippen LogP contribution is 2.16. The molecule has 1 unspecified atom stereocenters. The molecular formula is C13H19ClN2O. The first kappa shape index (κ1) is 14.0. The molecule has 3 N–H and O–H groups in total. The molecule has 0 aliphatic carbocycles. The molecule has 0 bridgehead atoms. The summed E-state index contributed by atoms with van der Waals surface area (Å²) in [7, 11) is 0. The number of amides is 1. The molecule has 1 aromatic rings. The van der Waals surface area contributed by atoms with Gasteiger partial charge in [0, 0.05) is 17.5 Å². The third-order valence-corrected chi connectivity index (χ3v) is 2.83. The van der Waals surface area contributed by atoms with Crippen molar-refractivity contribution in [1.82, 2.24) is 5.32 Å². The lowest BCUT2D eigenvalue weighted by Gasteiger charge is -2.15. The Labute approximate surface area is 107 Å². The van der Waals surface area contributed by atoms with Crippen LogP contribution < -0.4 is 11.1 Å². The second-order valence-electron chi connectivity index (χ2n) is 4.36. The van der Waals surface area contributed by atoms with E-state index in [1.807, 2.05) is 38.1 Å². The van der Waals surface area contributed by atoms with Gasteiger partial charge in [0.05, 0.1) is 6.04 Å². The lowest BCUT2D eigenvalue weighted by Crippen LogP contribution is -2.28. The second-order valence-corrected chi connectivity index (χ2v) is 4.79. The van der Waals surface area contributed by atoms with Crippen molar-refractivity contribution in [1.29, 1.82) is 0 Å². The van der Waals surface area contributed by atoms with Gasteiger partial charge in [-0.2, -0.15) is 0 Å². The summed E-state index contributed by atoms with van der Waals surface area (Å²) < 4.78 is 0. The zero-order chi connectivity index (χ0) is 12.8. The van der Waals surface area contributed by atoms with Gasteiger partial charge in [0.2, 0.25) is 5.91 Å². The summed E-state index contributed by atoms with van der Waals surface area (Å²) in [6.45, 7) is 3.85. The highest BCUT2D eigenvalue weighted by Gasteiger charge is 2.09. The lowest BCUT2D eigenvalue weighted by atomic mass is 10.1. The summed E-state index contributed by atoms with van der Waals surface area (Å²) in [5, 5.41) is 3.63. The Morgan fingerprint density at radius 3 is 2.47 bits per heavy atom. The van der Waals surface area contributed by atoms with Crippen molar-refractivity contribution < 1.29 is 4.79 Å². The van der Waals surface area contributed by atoms with E-state index in [-0.39, 0.29) is 18.0 Å². The van der Waals surface area contributed by atoms with Crippen LogP contribution in [0.25, 0.3) is 0 Å². The predicted molar refractivity (Wildman–Crippen MR) is 70.9 cm³/mol. The van der Waals surface area contributed by atoms with E-state index in [9.17, 15) is 4.79 Å². The highest BCUT2D eigenvalue weighted by molar-refractivity contribution is 6.30. The number of benzene rings is 1. The van der Waals surface area contributed by atoms with E-state index in [0.29, 0.717) is 17.9 Å². The number of halogens is 1. The molecule has 1 amide bonds. The fourth-order valence-electron chi connectivity index (χ4n) is 1.51. The highest BCUT2D eigenvalue weighted by atomic mass is 35.5. The third-order valence-electron chi connectivity index (χ3n) is 2.57. The van der Waals surface area contributed by atoms with E-state index < -0.39 is 0 Å². The van der Waals surface area contributed by atoms with Gasteiger partial charge >= 0.3 is 0 Å². The van der Waals surface area contributed by atoms with Crippen LogP contribution in [0.2, 0.25) is 5.02 Å². The molecule has 1 aromatic carbocycles. The first-order valence-electron chi connectivity index (χ1n) is 5.79. The van der Waals surface area contributed by atoms with Gasteiger partial charge in [-0.1, -0.05) is 23.7 Å². The Morgan fingerprint density at radius 2 is 1.94 bits per heavy atom. The maximum Gasteiger partial charge on any atom is 0.220 e. The molecule has 0 saturated carbocycles. The molecule has 0 aromatic heterocycles. The Kier molecular flexibility index (Phi) is 5.45. The van der Waals surface area contributed by atoms with Crippen molar-refractivity contribution in [3.8, 4) is 0 Å². The van der Waals surface area contributed by atoms with Crippen molar-refractivity contribution >= 4 is 17.5 Å². The predicted octanol–water partition coefficient (Wildman–Crippen LogP) is 2.64. The SMILES string of the molecule is CC(N)CCC(=O)N[C@@H](C)c1ccc(Cl)cc1. The van der Waals surface area contributed by atoms with Crippen LogP contribution >= 0.6 is 11.6 Å². The van der Waals surface area contributed by atoms with E-state index in [2.05, 4.69) is 5.32 Å². The Balaban J connectivity index is 2.46. The quantitative estimate of drug-likeness (QED) is 0.849. The summed E-state index contributed by atoms with van der Waals surface area (Å²) in [4.78, 5) is 11.6. The van der Waals surface area contributed by atoms with E-state index in [1.165, 1.54) is 0 Å². The van der Waals surface area contributed by atoms with Crippen molar-refractivity contribution in [2.24, 2.45) is 5.73 Å². The van der Waals surface area contributed by atoms with Crippen LogP contribution in [-0.2, 0) is 4.79 Å². The fraction of sp³-hybridized carbons (Fsp3) is 0.462. The summed E-state index contributed by atoms with van der Waals surface area (Å²) in [6, 6.07) is 7.53. The number of hydrogen-bond donors (Lipinski definition) is 2. The van der Waals surface area contributed by atoms with Gasteiger partial charge < -0.3 is 11.1 Å². The van der Waals surface area contributed by atoms with Gasteiger partial charge in [0.25, 0.3) is 0 Å². The minimum atomic E-state index is -0.00662. The summed E-state index contributed by atoms with van der Waals surface area (Å²) in [6.07, 6.45) is 1.18. The van der Waals surface area contributed by atoms with Gasteiger partial charge in [-0.05, 0) is 38.0 Å². The summed E-state index contributed by atoms with van der Waals surface area (Å²) in [5.74, 6) is 0.0322. The molecule has 0 fully saturated rings. The van der Waals surface area contributed by atoms with Gasteiger partial charge in [-0.3, -0.25) is 4.79 Å². The second kappa shape index (κ2) is 6.62. The molecule has 3 nitrogen and oxygen atoms in total. The van der Waals surface area contributed by atoms with E-state index in [4.69, 9.17) is 17.3 Å². The number of nitrogens with two attached hydrogens (primary N) is 1. The molecule has 0 aliphatic heterocycles. The molecule has 0 heterocycles. The number of nitrogens with one attached hydrogen (secondary N) is 1. The number of carbonyl (C=O) groups excluding carboxylic acids is 1. The molecular weight excluding hydrogens is 236 g/mol. The third kappa shape index (κ3) is 5.20. The Hall–Kier alpha value is -1.06. The maximum atomic E-state index is 11.6. The number of hydrogen-bond acceptors (Lipinski definition) is 2. The summed E-state index contributed by atoms with van der Waals surface area (Å²) in [5.41, 5.74) is 6.65. The normalized spacial score (nSPS) is 14.1. The standard InChI is InChI=1S/C13H19ClN2O/c1-9(15)3-8-13(17)16-10(2)11-4-6-12(14)7-5-11/h4-7,9-10H,3,8,15H2,1-2H3,(H,16,17)/t9?,10-/m0/s1. The molecule has 0 spiro atoms. The van der Waals surface area contributed by atoms with Crippen molar-refractivity contribution in [3.05, 3.63) is 34.9 Å². The number of carbonyl (C=O) groups is 1. The molecule has 0 aliphatic rings. The molecule has 94 valence electrons. The van der Waals surface area contributed by atoms with Crippen LogP contribution in [0.5, 0.6) is 0 Å². The van der Waals surface area contributed by atoms with Crippen LogP contribution in [0, 0.1) is 0 Å². The minimum Gasteiger partial charge on any atom is -0.350 e. The van der Waals surface area contributed by atoms with Crippen LogP contribution in [0.3, 0.4) is 0 Å². The van der Waals surface area contributed by atoms with Gasteiger partial charge in [-0.25, -0.2) is 0 Å². The van der Waals surface area contributed by atoms with Crippen molar-refractivity contribution in [2.45, 2.75) is 38.8 Å². The average molecular weight is 255 g/mol. The molecule has 17 heavy (non-hydrogen) atoms. The van der Waals surface area contributed by atoms with Gasteiger partial charge in [0.15, 0.2) is 0 Å². The zero-order valence-corrected chi connectivity index (χ0v) is 11.0. The Morgan fingerprint density at radius 1 is 1.35 bits per heavy atom. The first-order chi connectivity index (χ1) is 7.99. The van der Waals surface area contributed by atoms with Crippen LogP contribution in [0.4, 0.5) is 0 Å². The van der Waals surface area contributed by atoms with Crippen LogP contribution in [-0.4, -0.2) is 11.9 Å². The molecule has 2 atom stereocenters. The zero-order valence-electron chi connectivity index (χ0n) is 10.2. The molecule has 1 rings (SSSR count). The van der Waals surface area contributed by atoms with Gasteiger partial charge in [0.1, 0.15) is 0 Å². The first-order valence-corrected chi connectivity index (χ1v) is 6.17. The Bertz CT molecular complexity index is 362. The fourth-order valence-corrected chi connectivity index (χ4v) is 1.63. The monoisotopic (exact) mass is 254 g/mol. The minimum absolute atomic E-state index is 0.00662. The molecule has 0 saturated heterocycles. The largest absolute Gasteiger partial charge is 0.350 e. The van der Waals surface area contributed by atoms with E-state index in [1.54, 1.807) is 0 Å². The summed E-state index contributed by atoms with van der Waals surface area (Å²) >= 11 is 5.81. The lowest BCUT2D eigenvalue weighted by molar-refractivity contribution is -0.121. The molecule has 0 radical (unpaired) electrons. The maximum absolute atomic E-state index is 11.6. The average Bonchev–Trinajstić information content (AvgIpc) is 2.27.